The molecule has 5 heteroatoms. The number of hydrogen-bond donors (Lipinski definition) is 2. The molecule has 0 heterocycles. The van der Waals surface area contributed by atoms with Crippen molar-refractivity contribution in [3.63, 3.8) is 0 Å². The van der Waals surface area contributed by atoms with Gasteiger partial charge >= 0.3 is 0 Å². The highest BCUT2D eigenvalue weighted by molar-refractivity contribution is 7.89. The quantitative estimate of drug-likeness (QED) is 0.765. The Bertz CT molecular complexity index is 510. The summed E-state index contributed by atoms with van der Waals surface area (Å²) < 4.78 is 27.3. The summed E-state index contributed by atoms with van der Waals surface area (Å²) in [5.41, 5.74) is 0.822. The maximum absolute atomic E-state index is 12.3. The summed E-state index contributed by atoms with van der Waals surface area (Å²) in [5.74, 6) is 0.736. The van der Waals surface area contributed by atoms with Gasteiger partial charge in [0, 0.05) is 13.1 Å². The number of nitrogens with one attached hydrogen (secondary N) is 2. The average Bonchev–Trinajstić information content (AvgIpc) is 3.20. The number of sulfonamides is 1. The molecule has 0 unspecified atom stereocenters. The van der Waals surface area contributed by atoms with Crippen molar-refractivity contribution in [2.24, 2.45) is 5.92 Å². The topological polar surface area (TPSA) is 58.2 Å². The van der Waals surface area contributed by atoms with Gasteiger partial charge in [0.05, 0.1) is 4.90 Å². The van der Waals surface area contributed by atoms with Gasteiger partial charge in [-0.15, -0.1) is 0 Å². The summed E-state index contributed by atoms with van der Waals surface area (Å²) in [6.07, 6.45) is 3.45. The predicted molar refractivity (Wildman–Crippen MR) is 76.4 cm³/mol. The van der Waals surface area contributed by atoms with Crippen LogP contribution in [0.1, 0.15) is 31.7 Å². The Hall–Kier alpha value is -0.910. The first-order chi connectivity index (χ1) is 9.13. The molecule has 1 aliphatic carbocycles. The molecule has 4 nitrogen and oxygen atoms in total. The Morgan fingerprint density at radius 2 is 2.00 bits per heavy atom. The molecule has 0 aliphatic heterocycles. The second-order valence-corrected chi connectivity index (χ2v) is 6.75. The van der Waals surface area contributed by atoms with E-state index in [1.807, 2.05) is 19.1 Å². The number of rotatable bonds is 8. The first kappa shape index (κ1) is 14.5. The Labute approximate surface area is 115 Å². The minimum atomic E-state index is -3.38. The molecule has 1 fully saturated rings. The van der Waals surface area contributed by atoms with Crippen LogP contribution in [0.5, 0.6) is 0 Å². The third kappa shape index (κ3) is 4.30. The molecule has 1 aliphatic rings. The molecule has 0 aromatic heterocycles. The van der Waals surface area contributed by atoms with Gasteiger partial charge in [0.1, 0.15) is 0 Å². The summed E-state index contributed by atoms with van der Waals surface area (Å²) in [5, 5.41) is 3.17. The molecule has 2 N–H and O–H groups in total. The molecular weight excluding hydrogens is 260 g/mol. The lowest BCUT2D eigenvalue weighted by Gasteiger charge is -2.11. The van der Waals surface area contributed by atoms with E-state index in [9.17, 15) is 8.42 Å². The standard InChI is InChI=1S/C14H22N2O2S/c1-2-15-11-13-5-3-4-6-14(13)19(17,18)16-10-9-12-7-8-12/h3-6,12,15-16H,2,7-11H2,1H3. The highest BCUT2D eigenvalue weighted by Gasteiger charge is 2.22. The SMILES string of the molecule is CCNCc1ccccc1S(=O)(=O)NCCC1CC1. The van der Waals surface area contributed by atoms with E-state index in [-0.39, 0.29) is 0 Å². The highest BCUT2D eigenvalue weighted by Crippen LogP contribution is 2.31. The maximum Gasteiger partial charge on any atom is 0.240 e. The lowest BCUT2D eigenvalue weighted by atomic mass is 10.2. The second kappa shape index (κ2) is 6.50. The van der Waals surface area contributed by atoms with Crippen LogP contribution in [-0.2, 0) is 16.6 Å². The molecule has 1 aromatic carbocycles. The molecule has 106 valence electrons. The van der Waals surface area contributed by atoms with Crippen molar-refractivity contribution in [1.29, 1.82) is 0 Å². The molecule has 1 aromatic rings. The van der Waals surface area contributed by atoms with Crippen molar-refractivity contribution in [2.45, 2.75) is 37.6 Å². The van der Waals surface area contributed by atoms with Crippen LogP contribution in [0, 0.1) is 5.92 Å². The lowest BCUT2D eigenvalue weighted by molar-refractivity contribution is 0.573. The Kier molecular flexibility index (Phi) is 4.96. The first-order valence-corrected chi connectivity index (χ1v) is 8.40. The fourth-order valence-electron chi connectivity index (χ4n) is 2.05. The Morgan fingerprint density at radius 3 is 2.68 bits per heavy atom. The molecule has 0 radical (unpaired) electrons. The smallest absolute Gasteiger partial charge is 0.240 e. The Morgan fingerprint density at radius 1 is 1.26 bits per heavy atom. The number of hydrogen-bond acceptors (Lipinski definition) is 3. The zero-order chi connectivity index (χ0) is 13.7. The van der Waals surface area contributed by atoms with Crippen molar-refractivity contribution in [3.8, 4) is 0 Å². The predicted octanol–water partition coefficient (Wildman–Crippen LogP) is 1.87. The molecule has 19 heavy (non-hydrogen) atoms. The van der Waals surface area contributed by atoms with Gasteiger partial charge in [-0.3, -0.25) is 0 Å². The van der Waals surface area contributed by atoms with Gasteiger partial charge in [-0.1, -0.05) is 38.0 Å². The molecule has 1 saturated carbocycles. The normalized spacial score (nSPS) is 15.6. The lowest BCUT2D eigenvalue weighted by Crippen LogP contribution is -2.27. The molecule has 0 spiro atoms. The molecule has 0 bridgehead atoms. The summed E-state index contributed by atoms with van der Waals surface area (Å²) in [6, 6.07) is 7.17. The van der Waals surface area contributed by atoms with Crippen LogP contribution in [0.3, 0.4) is 0 Å². The van der Waals surface area contributed by atoms with E-state index in [2.05, 4.69) is 10.0 Å². The fourth-order valence-corrected chi connectivity index (χ4v) is 3.34. The van der Waals surface area contributed by atoms with Crippen LogP contribution in [0.25, 0.3) is 0 Å². The van der Waals surface area contributed by atoms with E-state index in [0.29, 0.717) is 18.0 Å². The minimum Gasteiger partial charge on any atom is -0.313 e. The maximum atomic E-state index is 12.3. The van der Waals surface area contributed by atoms with Crippen molar-refractivity contribution in [1.82, 2.24) is 10.0 Å². The van der Waals surface area contributed by atoms with Gasteiger partial charge in [-0.25, -0.2) is 13.1 Å². The van der Waals surface area contributed by atoms with Gasteiger partial charge in [0.25, 0.3) is 0 Å². The summed E-state index contributed by atoms with van der Waals surface area (Å²) >= 11 is 0. The highest BCUT2D eigenvalue weighted by atomic mass is 32.2. The van der Waals surface area contributed by atoms with Gasteiger partial charge in [-0.2, -0.15) is 0 Å². The molecule has 0 saturated heterocycles. The molecule has 0 amide bonds. The summed E-state index contributed by atoms with van der Waals surface area (Å²) in [6.45, 7) is 3.95. The zero-order valence-electron chi connectivity index (χ0n) is 11.4. The van der Waals surface area contributed by atoms with Crippen molar-refractivity contribution in [3.05, 3.63) is 29.8 Å². The first-order valence-electron chi connectivity index (χ1n) is 6.91. The fraction of sp³-hybridized carbons (Fsp3) is 0.571. The van der Waals surface area contributed by atoms with Gasteiger partial charge in [-0.05, 0) is 30.5 Å². The van der Waals surface area contributed by atoms with Gasteiger partial charge < -0.3 is 5.32 Å². The molecular formula is C14H22N2O2S. The summed E-state index contributed by atoms with van der Waals surface area (Å²) in [7, 11) is -3.38. The van der Waals surface area contributed by atoms with Crippen LogP contribution in [0.2, 0.25) is 0 Å². The van der Waals surface area contributed by atoms with Crippen molar-refractivity contribution < 1.29 is 8.42 Å². The van der Waals surface area contributed by atoms with Gasteiger partial charge in [0.2, 0.25) is 10.0 Å². The zero-order valence-corrected chi connectivity index (χ0v) is 12.2. The van der Waals surface area contributed by atoms with Crippen molar-refractivity contribution in [2.75, 3.05) is 13.1 Å². The third-order valence-corrected chi connectivity index (χ3v) is 4.93. The van der Waals surface area contributed by atoms with Crippen molar-refractivity contribution >= 4 is 10.0 Å². The van der Waals surface area contributed by atoms with Gasteiger partial charge in [0.15, 0.2) is 0 Å². The summed E-state index contributed by atoms with van der Waals surface area (Å²) in [4.78, 5) is 0.395. The monoisotopic (exact) mass is 282 g/mol. The molecule has 2 rings (SSSR count). The van der Waals surface area contributed by atoms with E-state index < -0.39 is 10.0 Å². The van der Waals surface area contributed by atoms with E-state index in [1.165, 1.54) is 12.8 Å². The largest absolute Gasteiger partial charge is 0.313 e. The van der Waals surface area contributed by atoms with Crippen LogP contribution in [0.4, 0.5) is 0 Å². The van der Waals surface area contributed by atoms with E-state index in [1.54, 1.807) is 12.1 Å². The van der Waals surface area contributed by atoms with E-state index >= 15 is 0 Å². The molecule has 0 atom stereocenters. The van der Waals surface area contributed by atoms with Crippen LogP contribution in [0.15, 0.2) is 29.2 Å². The minimum absolute atomic E-state index is 0.395. The van der Waals surface area contributed by atoms with Crippen LogP contribution in [-0.4, -0.2) is 21.5 Å². The second-order valence-electron chi connectivity index (χ2n) is 5.02. The van der Waals surface area contributed by atoms with E-state index in [4.69, 9.17) is 0 Å². The third-order valence-electron chi connectivity index (χ3n) is 3.37. The van der Waals surface area contributed by atoms with E-state index in [0.717, 1.165) is 24.4 Å². The van der Waals surface area contributed by atoms with Crippen LogP contribution < -0.4 is 10.0 Å². The van der Waals surface area contributed by atoms with Crippen LogP contribution >= 0.6 is 0 Å². The average molecular weight is 282 g/mol. The number of benzene rings is 1. The Balaban J connectivity index is 2.04.